The number of primary amides is 1. The summed E-state index contributed by atoms with van der Waals surface area (Å²) in [6.45, 7) is 8.51. The number of rotatable bonds is 7. The topological polar surface area (TPSA) is 78.3 Å². The van der Waals surface area contributed by atoms with Crippen LogP contribution in [0.2, 0.25) is 0 Å². The van der Waals surface area contributed by atoms with Gasteiger partial charge in [0.15, 0.2) is 0 Å². The lowest BCUT2D eigenvalue weighted by Crippen LogP contribution is -2.49. The van der Waals surface area contributed by atoms with Gasteiger partial charge in [-0.25, -0.2) is 0 Å². The summed E-state index contributed by atoms with van der Waals surface area (Å²) < 4.78 is 5.80. The molecular weight excluding hydrogens is 252 g/mol. The molecule has 0 radical (unpaired) electrons. The van der Waals surface area contributed by atoms with E-state index < -0.39 is 11.4 Å². The summed E-state index contributed by atoms with van der Waals surface area (Å²) >= 11 is 0. The molecule has 4 N–H and O–H groups in total. The largest absolute Gasteiger partial charge is 0.493 e. The third-order valence-electron chi connectivity index (χ3n) is 3.54. The van der Waals surface area contributed by atoms with E-state index in [1.165, 1.54) is 5.56 Å². The maximum absolute atomic E-state index is 11.1. The van der Waals surface area contributed by atoms with Crippen molar-refractivity contribution in [2.24, 2.45) is 11.5 Å². The third-order valence-corrected chi connectivity index (χ3v) is 3.54. The van der Waals surface area contributed by atoms with Crippen molar-refractivity contribution in [1.82, 2.24) is 0 Å². The highest BCUT2D eigenvalue weighted by atomic mass is 16.5. The quantitative estimate of drug-likeness (QED) is 0.752. The molecular formula is C16H26N2O2. The first-order valence-electron chi connectivity index (χ1n) is 7.06. The SMILES string of the molecule is Cc1ccc(C(C)C)cc1OCCCC(C)(N)C(N)=O. The Bertz CT molecular complexity index is 468. The van der Waals surface area contributed by atoms with Gasteiger partial charge in [-0.2, -0.15) is 0 Å². The summed E-state index contributed by atoms with van der Waals surface area (Å²) in [5.74, 6) is 0.893. The second-order valence-corrected chi connectivity index (χ2v) is 5.91. The number of amides is 1. The Morgan fingerprint density at radius 3 is 2.60 bits per heavy atom. The number of benzene rings is 1. The molecule has 4 heteroatoms. The van der Waals surface area contributed by atoms with E-state index in [-0.39, 0.29) is 0 Å². The smallest absolute Gasteiger partial charge is 0.237 e. The lowest BCUT2D eigenvalue weighted by atomic mass is 9.97. The fourth-order valence-electron chi connectivity index (χ4n) is 1.88. The summed E-state index contributed by atoms with van der Waals surface area (Å²) in [6.07, 6.45) is 1.21. The normalized spacial score (nSPS) is 14.1. The Hall–Kier alpha value is -1.55. The Balaban J connectivity index is 2.54. The van der Waals surface area contributed by atoms with Crippen LogP contribution >= 0.6 is 0 Å². The second-order valence-electron chi connectivity index (χ2n) is 5.91. The fourth-order valence-corrected chi connectivity index (χ4v) is 1.88. The van der Waals surface area contributed by atoms with Crippen molar-refractivity contribution < 1.29 is 9.53 Å². The van der Waals surface area contributed by atoms with Crippen molar-refractivity contribution >= 4 is 5.91 Å². The van der Waals surface area contributed by atoms with E-state index in [1.807, 2.05) is 6.92 Å². The van der Waals surface area contributed by atoms with Crippen molar-refractivity contribution in [2.75, 3.05) is 6.61 Å². The van der Waals surface area contributed by atoms with Crippen molar-refractivity contribution in [3.8, 4) is 5.75 Å². The summed E-state index contributed by atoms with van der Waals surface area (Å²) in [7, 11) is 0. The first-order valence-corrected chi connectivity index (χ1v) is 7.06. The number of aryl methyl sites for hydroxylation is 1. The van der Waals surface area contributed by atoms with Crippen LogP contribution in [0.25, 0.3) is 0 Å². The zero-order valence-corrected chi connectivity index (χ0v) is 12.9. The summed E-state index contributed by atoms with van der Waals surface area (Å²) in [5, 5.41) is 0. The van der Waals surface area contributed by atoms with Gasteiger partial charge in [0.05, 0.1) is 12.1 Å². The van der Waals surface area contributed by atoms with E-state index in [9.17, 15) is 4.79 Å². The van der Waals surface area contributed by atoms with Gasteiger partial charge in [0, 0.05) is 0 Å². The van der Waals surface area contributed by atoms with Gasteiger partial charge < -0.3 is 16.2 Å². The average molecular weight is 278 g/mol. The van der Waals surface area contributed by atoms with Gasteiger partial charge in [-0.3, -0.25) is 4.79 Å². The molecule has 20 heavy (non-hydrogen) atoms. The van der Waals surface area contributed by atoms with Crippen LogP contribution in [0.1, 0.15) is 50.7 Å². The minimum atomic E-state index is -0.960. The van der Waals surface area contributed by atoms with Crippen molar-refractivity contribution in [3.63, 3.8) is 0 Å². The number of hydrogen-bond acceptors (Lipinski definition) is 3. The number of ether oxygens (including phenoxy) is 1. The third kappa shape index (κ3) is 4.53. The van der Waals surface area contributed by atoms with Crippen LogP contribution in [0.4, 0.5) is 0 Å². The van der Waals surface area contributed by atoms with E-state index in [0.717, 1.165) is 11.3 Å². The molecule has 0 aliphatic carbocycles. The number of carbonyl (C=O) groups is 1. The van der Waals surface area contributed by atoms with Crippen LogP contribution in [0.15, 0.2) is 18.2 Å². The molecule has 0 aromatic heterocycles. The van der Waals surface area contributed by atoms with Gasteiger partial charge in [-0.1, -0.05) is 26.0 Å². The molecule has 1 rings (SSSR count). The molecule has 112 valence electrons. The summed E-state index contributed by atoms with van der Waals surface area (Å²) in [5.41, 5.74) is 12.4. The highest BCUT2D eigenvalue weighted by Crippen LogP contribution is 2.24. The number of carbonyl (C=O) groups excluding carboxylic acids is 1. The molecule has 0 fully saturated rings. The van der Waals surface area contributed by atoms with E-state index in [1.54, 1.807) is 6.92 Å². The van der Waals surface area contributed by atoms with E-state index in [4.69, 9.17) is 16.2 Å². The minimum Gasteiger partial charge on any atom is -0.493 e. The average Bonchev–Trinajstić information content (AvgIpc) is 2.36. The molecule has 1 aromatic carbocycles. The number of hydrogen-bond donors (Lipinski definition) is 2. The molecule has 4 nitrogen and oxygen atoms in total. The molecule has 0 aliphatic heterocycles. The van der Waals surface area contributed by atoms with Crippen LogP contribution in [0, 0.1) is 6.92 Å². The van der Waals surface area contributed by atoms with Gasteiger partial charge >= 0.3 is 0 Å². The van der Waals surface area contributed by atoms with Crippen LogP contribution in [0.5, 0.6) is 5.75 Å². The Morgan fingerprint density at radius 2 is 2.05 bits per heavy atom. The molecule has 0 spiro atoms. The lowest BCUT2D eigenvalue weighted by Gasteiger charge is -2.20. The monoisotopic (exact) mass is 278 g/mol. The molecule has 1 aromatic rings. The second kappa shape index (κ2) is 6.75. The first-order chi connectivity index (χ1) is 9.24. The van der Waals surface area contributed by atoms with Crippen LogP contribution in [-0.2, 0) is 4.79 Å². The summed E-state index contributed by atoms with van der Waals surface area (Å²) in [4.78, 5) is 11.1. The predicted octanol–water partition coefficient (Wildman–Crippen LogP) is 2.48. The van der Waals surface area contributed by atoms with Gasteiger partial charge in [0.1, 0.15) is 5.75 Å². The molecule has 0 heterocycles. The van der Waals surface area contributed by atoms with E-state index in [2.05, 4.69) is 32.0 Å². The van der Waals surface area contributed by atoms with E-state index in [0.29, 0.717) is 25.4 Å². The highest BCUT2D eigenvalue weighted by Gasteiger charge is 2.24. The highest BCUT2D eigenvalue weighted by molar-refractivity contribution is 5.83. The van der Waals surface area contributed by atoms with Crippen LogP contribution < -0.4 is 16.2 Å². The Labute approximate surface area is 121 Å². The molecule has 1 atom stereocenters. The van der Waals surface area contributed by atoms with Gasteiger partial charge in [0.2, 0.25) is 5.91 Å². The molecule has 0 aliphatic rings. The van der Waals surface area contributed by atoms with Gasteiger partial charge in [0.25, 0.3) is 0 Å². The Morgan fingerprint density at radius 1 is 1.40 bits per heavy atom. The number of nitrogens with two attached hydrogens (primary N) is 2. The first kappa shape index (κ1) is 16.5. The molecule has 0 saturated heterocycles. The molecule has 0 bridgehead atoms. The maximum Gasteiger partial charge on any atom is 0.237 e. The van der Waals surface area contributed by atoms with Crippen molar-refractivity contribution in [1.29, 1.82) is 0 Å². The van der Waals surface area contributed by atoms with Crippen molar-refractivity contribution in [2.45, 2.75) is 52.0 Å². The zero-order chi connectivity index (χ0) is 15.3. The van der Waals surface area contributed by atoms with Gasteiger partial charge in [-0.15, -0.1) is 0 Å². The lowest BCUT2D eigenvalue weighted by molar-refractivity contribution is -0.122. The molecule has 1 unspecified atom stereocenters. The van der Waals surface area contributed by atoms with Crippen LogP contribution in [0.3, 0.4) is 0 Å². The van der Waals surface area contributed by atoms with E-state index >= 15 is 0 Å². The summed E-state index contributed by atoms with van der Waals surface area (Å²) in [6, 6.07) is 6.27. The Kier molecular flexibility index (Phi) is 5.57. The molecule has 0 saturated carbocycles. The van der Waals surface area contributed by atoms with Crippen molar-refractivity contribution in [3.05, 3.63) is 29.3 Å². The predicted molar refractivity (Wildman–Crippen MR) is 81.8 cm³/mol. The molecule has 1 amide bonds. The van der Waals surface area contributed by atoms with Crippen LogP contribution in [-0.4, -0.2) is 18.1 Å². The zero-order valence-electron chi connectivity index (χ0n) is 12.9. The van der Waals surface area contributed by atoms with Gasteiger partial charge in [-0.05, 0) is 49.8 Å². The fraction of sp³-hybridized carbons (Fsp3) is 0.562. The maximum atomic E-state index is 11.1. The minimum absolute atomic E-state index is 0.472. The standard InChI is InChI=1S/C16H26N2O2/c1-11(2)13-7-6-12(3)14(10-13)20-9-5-8-16(4,18)15(17)19/h6-7,10-11H,5,8-9,18H2,1-4H3,(H2,17,19).